The van der Waals surface area contributed by atoms with Gasteiger partial charge in [0.1, 0.15) is 0 Å². The zero-order chi connectivity index (χ0) is 19.7. The molecule has 0 saturated carbocycles. The third kappa shape index (κ3) is 6.39. The number of para-hydroxylation sites is 1. The maximum absolute atomic E-state index is 11.8. The molecule has 0 unspecified atom stereocenters. The van der Waals surface area contributed by atoms with E-state index in [1.54, 1.807) is 14.0 Å². The number of benzene rings is 1. The number of hydrogen-bond donors (Lipinski definition) is 1. The van der Waals surface area contributed by atoms with Crippen LogP contribution in [0.25, 0.3) is 0 Å². The quantitative estimate of drug-likeness (QED) is 0.410. The smallest absolute Gasteiger partial charge is 0.213 e. The van der Waals surface area contributed by atoms with E-state index in [1.807, 2.05) is 6.07 Å². The summed E-state index contributed by atoms with van der Waals surface area (Å²) in [7, 11) is -1.47. The minimum Gasteiger partial charge on any atom is -0.368 e. The van der Waals surface area contributed by atoms with Gasteiger partial charge in [0, 0.05) is 58.5 Å². The van der Waals surface area contributed by atoms with Crippen LogP contribution in [0.15, 0.2) is 35.3 Å². The van der Waals surface area contributed by atoms with E-state index in [0.717, 1.165) is 38.7 Å². The van der Waals surface area contributed by atoms with Crippen molar-refractivity contribution in [3.8, 4) is 0 Å². The van der Waals surface area contributed by atoms with E-state index in [-0.39, 0.29) is 5.75 Å². The summed E-state index contributed by atoms with van der Waals surface area (Å²) in [5.74, 6) is 1.06. The number of aliphatic imine (C=N–C) groups is 1. The number of piperazine rings is 1. The standard InChI is InChI=1S/C19H33N5O2S/c1-4-20-19(21-12-9-13-22(3)27(25,26)5-2)24-16-14-23(15-17-24)18-10-7-6-8-11-18/h6-8,10-11H,4-5,9,12-17H2,1-3H3,(H,20,21). The van der Waals surface area contributed by atoms with Gasteiger partial charge in [-0.25, -0.2) is 12.7 Å². The van der Waals surface area contributed by atoms with E-state index < -0.39 is 10.0 Å². The van der Waals surface area contributed by atoms with Crippen LogP contribution in [-0.2, 0) is 10.0 Å². The van der Waals surface area contributed by atoms with Crippen molar-refractivity contribution in [3.05, 3.63) is 30.3 Å². The van der Waals surface area contributed by atoms with Crippen molar-refractivity contribution in [2.45, 2.75) is 20.3 Å². The van der Waals surface area contributed by atoms with Crippen LogP contribution in [0, 0.1) is 0 Å². The number of nitrogens with zero attached hydrogens (tertiary/aromatic N) is 4. The molecular formula is C19H33N5O2S. The zero-order valence-electron chi connectivity index (χ0n) is 16.8. The number of guanidine groups is 1. The highest BCUT2D eigenvalue weighted by atomic mass is 32.2. The lowest BCUT2D eigenvalue weighted by Crippen LogP contribution is -2.52. The van der Waals surface area contributed by atoms with Crippen molar-refractivity contribution in [2.75, 3.05) is 63.5 Å². The van der Waals surface area contributed by atoms with Gasteiger partial charge in [-0.3, -0.25) is 4.99 Å². The minimum atomic E-state index is -3.11. The summed E-state index contributed by atoms with van der Waals surface area (Å²) in [5.41, 5.74) is 1.26. The van der Waals surface area contributed by atoms with Crippen molar-refractivity contribution >= 4 is 21.7 Å². The first kappa shape index (κ1) is 21.5. The molecule has 0 radical (unpaired) electrons. The molecule has 1 saturated heterocycles. The van der Waals surface area contributed by atoms with Crippen LogP contribution in [0.2, 0.25) is 0 Å². The van der Waals surface area contributed by atoms with Crippen molar-refractivity contribution in [1.82, 2.24) is 14.5 Å². The summed E-state index contributed by atoms with van der Waals surface area (Å²) in [5, 5.41) is 3.36. The van der Waals surface area contributed by atoms with Gasteiger partial charge in [0.25, 0.3) is 0 Å². The lowest BCUT2D eigenvalue weighted by molar-refractivity contribution is 0.372. The van der Waals surface area contributed by atoms with Gasteiger partial charge in [-0.05, 0) is 32.4 Å². The highest BCUT2D eigenvalue weighted by Crippen LogP contribution is 2.15. The number of nitrogens with one attached hydrogen (secondary N) is 1. The van der Waals surface area contributed by atoms with Gasteiger partial charge in [0.05, 0.1) is 5.75 Å². The molecular weight excluding hydrogens is 362 g/mol. The van der Waals surface area contributed by atoms with Gasteiger partial charge in [-0.15, -0.1) is 0 Å². The fraction of sp³-hybridized carbons (Fsp3) is 0.632. The Bertz CT molecular complexity index is 685. The largest absolute Gasteiger partial charge is 0.368 e. The van der Waals surface area contributed by atoms with E-state index in [4.69, 9.17) is 4.99 Å². The van der Waals surface area contributed by atoms with Crippen molar-refractivity contribution in [3.63, 3.8) is 0 Å². The van der Waals surface area contributed by atoms with E-state index in [1.165, 1.54) is 9.99 Å². The molecule has 0 spiro atoms. The number of rotatable bonds is 8. The molecule has 0 amide bonds. The van der Waals surface area contributed by atoms with Crippen LogP contribution in [0.1, 0.15) is 20.3 Å². The minimum absolute atomic E-state index is 0.140. The first-order chi connectivity index (χ1) is 13.0. The van der Waals surface area contributed by atoms with E-state index in [2.05, 4.69) is 46.3 Å². The molecule has 1 aliphatic rings. The average molecular weight is 396 g/mol. The van der Waals surface area contributed by atoms with Gasteiger partial charge in [0.15, 0.2) is 5.96 Å². The summed E-state index contributed by atoms with van der Waals surface area (Å²) in [6, 6.07) is 10.5. The summed E-state index contributed by atoms with van der Waals surface area (Å²) in [6.07, 6.45) is 0.717. The van der Waals surface area contributed by atoms with Crippen molar-refractivity contribution in [1.29, 1.82) is 0 Å². The lowest BCUT2D eigenvalue weighted by atomic mass is 10.2. The van der Waals surface area contributed by atoms with Gasteiger partial charge in [-0.1, -0.05) is 18.2 Å². The van der Waals surface area contributed by atoms with Gasteiger partial charge < -0.3 is 15.1 Å². The normalized spacial score (nSPS) is 16.1. The molecule has 27 heavy (non-hydrogen) atoms. The molecule has 1 aromatic carbocycles. The van der Waals surface area contributed by atoms with Crippen LogP contribution in [-0.4, -0.2) is 82.2 Å². The topological polar surface area (TPSA) is 68.2 Å². The highest BCUT2D eigenvalue weighted by molar-refractivity contribution is 7.89. The molecule has 0 aromatic heterocycles. The molecule has 1 heterocycles. The SMILES string of the molecule is CCNC(=NCCCN(C)S(=O)(=O)CC)N1CCN(c2ccccc2)CC1. The molecule has 1 N–H and O–H groups in total. The molecule has 2 rings (SSSR count). The first-order valence-electron chi connectivity index (χ1n) is 9.75. The number of hydrogen-bond acceptors (Lipinski definition) is 4. The fourth-order valence-electron chi connectivity index (χ4n) is 3.08. The summed E-state index contributed by atoms with van der Waals surface area (Å²) in [4.78, 5) is 9.39. The second kappa shape index (κ2) is 10.5. The Morgan fingerprint density at radius 1 is 1.15 bits per heavy atom. The maximum Gasteiger partial charge on any atom is 0.213 e. The third-order valence-corrected chi connectivity index (χ3v) is 6.63. The molecule has 1 fully saturated rings. The Hall–Kier alpha value is -1.80. The monoisotopic (exact) mass is 395 g/mol. The van der Waals surface area contributed by atoms with Crippen LogP contribution < -0.4 is 10.2 Å². The molecule has 0 aliphatic carbocycles. The van der Waals surface area contributed by atoms with Crippen molar-refractivity contribution in [2.24, 2.45) is 4.99 Å². The fourth-order valence-corrected chi connectivity index (χ4v) is 3.93. The van der Waals surface area contributed by atoms with Gasteiger partial charge in [0.2, 0.25) is 10.0 Å². The zero-order valence-corrected chi connectivity index (χ0v) is 17.6. The Labute approximate surface area is 164 Å². The Balaban J connectivity index is 1.85. The summed E-state index contributed by atoms with van der Waals surface area (Å²) < 4.78 is 25.0. The molecule has 8 heteroatoms. The first-order valence-corrected chi connectivity index (χ1v) is 11.4. The maximum atomic E-state index is 11.8. The molecule has 1 aromatic rings. The van der Waals surface area contributed by atoms with Gasteiger partial charge >= 0.3 is 0 Å². The summed E-state index contributed by atoms with van der Waals surface area (Å²) in [6.45, 7) is 9.45. The highest BCUT2D eigenvalue weighted by Gasteiger charge is 2.20. The second-order valence-corrected chi connectivity index (χ2v) is 8.99. The van der Waals surface area contributed by atoms with Crippen LogP contribution >= 0.6 is 0 Å². The Morgan fingerprint density at radius 3 is 2.41 bits per heavy atom. The van der Waals surface area contributed by atoms with Gasteiger partial charge in [-0.2, -0.15) is 0 Å². The lowest BCUT2D eigenvalue weighted by Gasteiger charge is -2.37. The predicted molar refractivity (Wildman–Crippen MR) is 113 cm³/mol. The molecule has 1 aliphatic heterocycles. The van der Waals surface area contributed by atoms with E-state index >= 15 is 0 Å². The predicted octanol–water partition coefficient (Wildman–Crippen LogP) is 1.45. The molecule has 152 valence electrons. The van der Waals surface area contributed by atoms with Crippen molar-refractivity contribution < 1.29 is 8.42 Å². The molecule has 0 atom stereocenters. The number of anilines is 1. The Morgan fingerprint density at radius 2 is 1.81 bits per heavy atom. The average Bonchev–Trinajstić information content (AvgIpc) is 2.71. The Kier molecular flexibility index (Phi) is 8.37. The van der Waals surface area contributed by atoms with Crippen LogP contribution in [0.5, 0.6) is 0 Å². The van der Waals surface area contributed by atoms with E-state index in [0.29, 0.717) is 19.5 Å². The second-order valence-electron chi connectivity index (χ2n) is 6.62. The van der Waals surface area contributed by atoms with Crippen LogP contribution in [0.3, 0.4) is 0 Å². The molecule has 0 bridgehead atoms. The third-order valence-electron chi connectivity index (χ3n) is 4.77. The van der Waals surface area contributed by atoms with E-state index in [9.17, 15) is 8.42 Å². The summed E-state index contributed by atoms with van der Waals surface area (Å²) >= 11 is 0. The number of sulfonamides is 1. The molecule has 7 nitrogen and oxygen atoms in total. The van der Waals surface area contributed by atoms with Crippen LogP contribution in [0.4, 0.5) is 5.69 Å².